The molecule has 1 aliphatic heterocycles. The number of rotatable bonds is 1. The predicted molar refractivity (Wildman–Crippen MR) is 47.0 cm³/mol. The highest BCUT2D eigenvalue weighted by Gasteiger charge is 2.27. The molecule has 0 unspecified atom stereocenters. The van der Waals surface area contributed by atoms with Crippen LogP contribution in [0.15, 0.2) is 0 Å². The minimum absolute atomic E-state index is 0.0243. The fourth-order valence-corrected chi connectivity index (χ4v) is 1.99. The van der Waals surface area contributed by atoms with E-state index >= 15 is 0 Å². The molecule has 6 heteroatoms. The molecule has 72 valence electrons. The van der Waals surface area contributed by atoms with Crippen LogP contribution in [0.3, 0.4) is 0 Å². The van der Waals surface area contributed by atoms with Crippen molar-refractivity contribution < 1.29 is 19.4 Å². The van der Waals surface area contributed by atoms with Crippen molar-refractivity contribution in [2.75, 3.05) is 13.2 Å². The Morgan fingerprint density at radius 3 is 2.64 bits per heavy atom. The number of aromatic carboxylic acids is 1. The van der Waals surface area contributed by atoms with Gasteiger partial charge in [0.2, 0.25) is 0 Å². The Morgan fingerprint density at radius 1 is 1.43 bits per heavy atom. The van der Waals surface area contributed by atoms with E-state index < -0.39 is 5.97 Å². The average molecular weight is 211 g/mol. The maximum Gasteiger partial charge on any atom is 0.349 e. The molecular weight excluding hydrogens is 206 g/mol. The maximum absolute atomic E-state index is 10.8. The van der Waals surface area contributed by atoms with Crippen LogP contribution in [0, 0.1) is 11.3 Å². The van der Waals surface area contributed by atoms with Gasteiger partial charge in [-0.15, -0.1) is 11.3 Å². The van der Waals surface area contributed by atoms with Crippen LogP contribution in [0.4, 0.5) is 0 Å². The molecule has 0 amide bonds. The highest BCUT2D eigenvalue weighted by atomic mass is 32.1. The summed E-state index contributed by atoms with van der Waals surface area (Å²) in [5.41, 5.74) is 0. The fraction of sp³-hybridized carbons (Fsp3) is 0.250. The Hall–Kier alpha value is -1.74. The normalized spacial score (nSPS) is 13.4. The number of carbonyl (C=O) groups is 1. The van der Waals surface area contributed by atoms with Crippen LogP contribution in [0.1, 0.15) is 14.5 Å². The molecule has 0 aromatic carbocycles. The van der Waals surface area contributed by atoms with E-state index in [1.807, 2.05) is 6.07 Å². The molecule has 5 nitrogen and oxygen atoms in total. The summed E-state index contributed by atoms with van der Waals surface area (Å²) in [7, 11) is 0. The Bertz CT molecular complexity index is 431. The van der Waals surface area contributed by atoms with E-state index in [9.17, 15) is 4.79 Å². The van der Waals surface area contributed by atoms with Gasteiger partial charge in [0.15, 0.2) is 21.3 Å². The standard InChI is InChI=1S/C8H5NO4S/c9-3-4-5-6(13-2-1-12-5)7(14-4)8(10)11/h1-2H2,(H,10,11). The smallest absolute Gasteiger partial charge is 0.349 e. The van der Waals surface area contributed by atoms with Crippen LogP contribution in [-0.4, -0.2) is 24.3 Å². The Kier molecular flexibility index (Phi) is 2.02. The van der Waals surface area contributed by atoms with Crippen molar-refractivity contribution in [1.29, 1.82) is 5.26 Å². The highest BCUT2D eigenvalue weighted by molar-refractivity contribution is 7.15. The van der Waals surface area contributed by atoms with Gasteiger partial charge >= 0.3 is 5.97 Å². The number of carboxylic acids is 1. The van der Waals surface area contributed by atoms with E-state index in [0.29, 0.717) is 13.2 Å². The van der Waals surface area contributed by atoms with Crippen molar-refractivity contribution in [3.63, 3.8) is 0 Å². The lowest BCUT2D eigenvalue weighted by Gasteiger charge is -2.15. The van der Waals surface area contributed by atoms with E-state index in [1.54, 1.807) is 0 Å². The number of nitriles is 1. The zero-order valence-electron chi connectivity index (χ0n) is 6.94. The Morgan fingerprint density at radius 2 is 2.07 bits per heavy atom. The molecule has 2 rings (SSSR count). The van der Waals surface area contributed by atoms with Gasteiger partial charge in [-0.2, -0.15) is 5.26 Å². The van der Waals surface area contributed by atoms with Crippen molar-refractivity contribution in [3.05, 3.63) is 9.75 Å². The number of fused-ring (bicyclic) bond motifs is 1. The topological polar surface area (TPSA) is 79.6 Å². The first-order valence-corrected chi connectivity index (χ1v) is 4.61. The first-order valence-electron chi connectivity index (χ1n) is 3.80. The van der Waals surface area contributed by atoms with Gasteiger partial charge in [0.1, 0.15) is 19.3 Å². The van der Waals surface area contributed by atoms with Gasteiger partial charge in [-0.05, 0) is 0 Å². The summed E-state index contributed by atoms with van der Waals surface area (Å²) >= 11 is 0.873. The lowest BCUT2D eigenvalue weighted by molar-refractivity contribution is 0.0693. The van der Waals surface area contributed by atoms with Crippen molar-refractivity contribution >= 4 is 17.3 Å². The van der Waals surface area contributed by atoms with Crippen LogP contribution in [0.5, 0.6) is 11.5 Å². The zero-order chi connectivity index (χ0) is 10.1. The molecule has 0 fully saturated rings. The number of ether oxygens (including phenoxy) is 2. The summed E-state index contributed by atoms with van der Waals surface area (Å²) in [6, 6.07) is 1.88. The summed E-state index contributed by atoms with van der Waals surface area (Å²) in [5.74, 6) is -0.648. The van der Waals surface area contributed by atoms with Crippen LogP contribution in [-0.2, 0) is 0 Å². The Balaban J connectivity index is 2.59. The molecular formula is C8H5NO4S. The third-order valence-electron chi connectivity index (χ3n) is 1.69. The van der Waals surface area contributed by atoms with E-state index in [-0.39, 0.29) is 21.3 Å². The van der Waals surface area contributed by atoms with Gasteiger partial charge in [-0.25, -0.2) is 4.79 Å². The van der Waals surface area contributed by atoms with Gasteiger partial charge in [0.25, 0.3) is 0 Å². The molecule has 14 heavy (non-hydrogen) atoms. The monoisotopic (exact) mass is 211 g/mol. The van der Waals surface area contributed by atoms with Crippen LogP contribution < -0.4 is 9.47 Å². The van der Waals surface area contributed by atoms with Gasteiger partial charge in [0.05, 0.1) is 0 Å². The second-order valence-corrected chi connectivity index (χ2v) is 3.55. The number of hydrogen-bond donors (Lipinski definition) is 1. The first kappa shape index (κ1) is 8.84. The molecule has 0 atom stereocenters. The Labute approximate surface area is 83.1 Å². The predicted octanol–water partition coefficient (Wildman–Crippen LogP) is 1.09. The molecule has 1 N–H and O–H groups in total. The molecule has 0 saturated carbocycles. The zero-order valence-corrected chi connectivity index (χ0v) is 7.76. The maximum atomic E-state index is 10.8. The molecule has 0 spiro atoms. The van der Waals surface area contributed by atoms with Gasteiger partial charge in [-0.1, -0.05) is 0 Å². The second kappa shape index (κ2) is 3.20. The van der Waals surface area contributed by atoms with E-state index in [2.05, 4.69) is 0 Å². The summed E-state index contributed by atoms with van der Waals surface area (Å²) in [6.45, 7) is 0.659. The van der Waals surface area contributed by atoms with E-state index in [1.165, 1.54) is 0 Å². The SMILES string of the molecule is N#Cc1sc(C(=O)O)c2c1OCCO2. The highest BCUT2D eigenvalue weighted by Crippen LogP contribution is 2.43. The van der Waals surface area contributed by atoms with Crippen molar-refractivity contribution in [2.24, 2.45) is 0 Å². The largest absolute Gasteiger partial charge is 0.484 e. The van der Waals surface area contributed by atoms with Gasteiger partial charge in [0, 0.05) is 0 Å². The number of nitrogens with zero attached hydrogens (tertiary/aromatic N) is 1. The summed E-state index contributed by atoms with van der Waals surface area (Å²) in [4.78, 5) is 11.0. The van der Waals surface area contributed by atoms with Crippen LogP contribution in [0.25, 0.3) is 0 Å². The quantitative estimate of drug-likeness (QED) is 0.752. The molecule has 0 saturated heterocycles. The number of carboxylic acid groups (broad SMARTS) is 1. The molecule has 1 aromatic rings. The first-order chi connectivity index (χ1) is 6.74. The lowest BCUT2D eigenvalue weighted by Crippen LogP contribution is -2.16. The minimum Gasteiger partial charge on any atom is -0.484 e. The van der Waals surface area contributed by atoms with Crippen molar-refractivity contribution in [1.82, 2.24) is 0 Å². The molecule has 1 aromatic heterocycles. The number of hydrogen-bond acceptors (Lipinski definition) is 5. The molecule has 0 radical (unpaired) electrons. The minimum atomic E-state index is -1.10. The molecule has 2 heterocycles. The molecule has 0 aliphatic carbocycles. The summed E-state index contributed by atoms with van der Waals surface area (Å²) < 4.78 is 10.3. The van der Waals surface area contributed by atoms with Crippen LogP contribution in [0.2, 0.25) is 0 Å². The fourth-order valence-electron chi connectivity index (χ4n) is 1.17. The van der Waals surface area contributed by atoms with E-state index in [4.69, 9.17) is 19.8 Å². The summed E-state index contributed by atoms with van der Waals surface area (Å²) in [5, 5.41) is 17.5. The van der Waals surface area contributed by atoms with Gasteiger partial charge < -0.3 is 14.6 Å². The van der Waals surface area contributed by atoms with E-state index in [0.717, 1.165) is 11.3 Å². The van der Waals surface area contributed by atoms with Crippen molar-refractivity contribution in [3.8, 4) is 17.6 Å². The molecule has 1 aliphatic rings. The lowest BCUT2D eigenvalue weighted by atomic mass is 10.3. The third-order valence-corrected chi connectivity index (χ3v) is 2.74. The van der Waals surface area contributed by atoms with Crippen molar-refractivity contribution in [2.45, 2.75) is 0 Å². The third kappa shape index (κ3) is 1.18. The summed E-state index contributed by atoms with van der Waals surface area (Å²) in [6.07, 6.45) is 0. The number of thiophene rings is 1. The second-order valence-electron chi connectivity index (χ2n) is 2.53. The molecule has 0 bridgehead atoms. The average Bonchev–Trinajstić information content (AvgIpc) is 2.56. The van der Waals surface area contributed by atoms with Crippen LogP contribution >= 0.6 is 11.3 Å². The van der Waals surface area contributed by atoms with Gasteiger partial charge in [-0.3, -0.25) is 0 Å².